The summed E-state index contributed by atoms with van der Waals surface area (Å²) in [5.41, 5.74) is 1.80. The smallest absolute Gasteiger partial charge is 0.327 e. The number of benzene rings is 2. The zero-order chi connectivity index (χ0) is 22.2. The Morgan fingerprint density at radius 2 is 1.97 bits per heavy atom. The standard InChI is InChI=1S/C23H19BrClNO4S/c24-17-9-10-20-16(11-17)12-21(30-20)18(25)7-4-8-22(27)26-19(23(28)29)14-31-13-15-5-2-1-3-6-15/h1-12,19H,13-14H2,(H,26,27)(H,28,29). The number of hydrogen-bond acceptors (Lipinski definition) is 4. The van der Waals surface area contributed by atoms with E-state index in [-0.39, 0.29) is 5.75 Å². The van der Waals surface area contributed by atoms with Crippen LogP contribution in [-0.4, -0.2) is 28.8 Å². The minimum absolute atomic E-state index is 0.259. The van der Waals surface area contributed by atoms with Gasteiger partial charge in [-0.1, -0.05) is 63.9 Å². The molecule has 0 saturated carbocycles. The Balaban J connectivity index is 1.54. The number of hydrogen-bond donors (Lipinski definition) is 2. The molecule has 2 N–H and O–H groups in total. The van der Waals surface area contributed by atoms with Crippen molar-refractivity contribution in [3.05, 3.63) is 88.6 Å². The summed E-state index contributed by atoms with van der Waals surface area (Å²) in [5, 5.41) is 13.1. The summed E-state index contributed by atoms with van der Waals surface area (Å²) in [7, 11) is 0. The van der Waals surface area contributed by atoms with E-state index < -0.39 is 17.9 Å². The molecule has 0 aliphatic rings. The zero-order valence-corrected chi connectivity index (χ0v) is 19.4. The molecule has 1 atom stereocenters. The van der Waals surface area contributed by atoms with E-state index in [1.54, 1.807) is 6.07 Å². The summed E-state index contributed by atoms with van der Waals surface area (Å²) in [4.78, 5) is 23.6. The zero-order valence-electron chi connectivity index (χ0n) is 16.3. The Kier molecular flexibility index (Phi) is 8.40. The highest BCUT2D eigenvalue weighted by molar-refractivity contribution is 9.10. The van der Waals surface area contributed by atoms with Crippen molar-refractivity contribution < 1.29 is 19.1 Å². The molecule has 5 nitrogen and oxygen atoms in total. The number of amides is 1. The SMILES string of the molecule is O=C(C=CC=C(Cl)c1cc2cc(Br)ccc2o1)NC(CSCc1ccccc1)C(=O)O. The Bertz CT molecular complexity index is 1130. The summed E-state index contributed by atoms with van der Waals surface area (Å²) in [6.45, 7) is 0. The van der Waals surface area contributed by atoms with E-state index in [9.17, 15) is 14.7 Å². The molecule has 0 saturated heterocycles. The van der Waals surface area contributed by atoms with E-state index in [4.69, 9.17) is 16.0 Å². The van der Waals surface area contributed by atoms with Crippen molar-refractivity contribution in [2.45, 2.75) is 11.8 Å². The highest BCUT2D eigenvalue weighted by Crippen LogP contribution is 2.28. The fourth-order valence-corrected chi connectivity index (χ4v) is 4.25. The van der Waals surface area contributed by atoms with Crippen LogP contribution in [0.1, 0.15) is 11.3 Å². The number of nitrogens with one attached hydrogen (secondary N) is 1. The first-order valence-corrected chi connectivity index (χ1v) is 11.6. The lowest BCUT2D eigenvalue weighted by Crippen LogP contribution is -2.41. The molecule has 160 valence electrons. The maximum absolute atomic E-state index is 12.1. The summed E-state index contributed by atoms with van der Waals surface area (Å²) >= 11 is 11.1. The molecule has 1 aromatic heterocycles. The molecule has 1 amide bonds. The molecule has 0 aliphatic carbocycles. The summed E-state index contributed by atoms with van der Waals surface area (Å²) in [6.07, 6.45) is 4.21. The van der Waals surface area contributed by atoms with Crippen LogP contribution in [0.25, 0.3) is 16.0 Å². The molecule has 3 rings (SSSR count). The van der Waals surface area contributed by atoms with Crippen molar-refractivity contribution in [2.75, 3.05) is 5.75 Å². The number of fused-ring (bicyclic) bond motifs is 1. The normalized spacial score (nSPS) is 12.9. The lowest BCUT2D eigenvalue weighted by Gasteiger charge is -2.12. The lowest BCUT2D eigenvalue weighted by molar-refractivity contribution is -0.140. The van der Waals surface area contributed by atoms with E-state index in [0.717, 1.165) is 15.4 Å². The number of thioether (sulfide) groups is 1. The number of carbonyl (C=O) groups is 2. The van der Waals surface area contributed by atoms with E-state index in [0.29, 0.717) is 22.1 Å². The average molecular weight is 521 g/mol. The van der Waals surface area contributed by atoms with Crippen LogP contribution in [0.2, 0.25) is 0 Å². The minimum Gasteiger partial charge on any atom is -0.480 e. The predicted molar refractivity (Wildman–Crippen MR) is 129 cm³/mol. The van der Waals surface area contributed by atoms with Gasteiger partial charge in [-0.25, -0.2) is 4.79 Å². The van der Waals surface area contributed by atoms with Crippen molar-refractivity contribution in [1.29, 1.82) is 0 Å². The largest absolute Gasteiger partial charge is 0.480 e. The predicted octanol–water partition coefficient (Wildman–Crippen LogP) is 5.83. The van der Waals surface area contributed by atoms with Crippen LogP contribution in [0, 0.1) is 0 Å². The van der Waals surface area contributed by atoms with Gasteiger partial charge in [0.25, 0.3) is 0 Å². The van der Waals surface area contributed by atoms with Gasteiger partial charge in [-0.2, -0.15) is 11.8 Å². The van der Waals surface area contributed by atoms with Gasteiger partial charge in [-0.15, -0.1) is 0 Å². The second-order valence-electron chi connectivity index (χ2n) is 6.57. The van der Waals surface area contributed by atoms with Crippen molar-refractivity contribution in [1.82, 2.24) is 5.32 Å². The topological polar surface area (TPSA) is 79.5 Å². The summed E-state index contributed by atoms with van der Waals surface area (Å²) in [5.74, 6) is -0.190. The van der Waals surface area contributed by atoms with E-state index >= 15 is 0 Å². The Labute approximate surface area is 197 Å². The number of furan rings is 1. The molecule has 8 heteroatoms. The van der Waals surface area contributed by atoms with Gasteiger partial charge in [0, 0.05) is 27.4 Å². The molecule has 0 radical (unpaired) electrons. The van der Waals surface area contributed by atoms with Gasteiger partial charge >= 0.3 is 5.97 Å². The van der Waals surface area contributed by atoms with Gasteiger partial charge in [0.05, 0.1) is 5.03 Å². The Morgan fingerprint density at radius 1 is 1.19 bits per heavy atom. The molecule has 1 heterocycles. The molecule has 31 heavy (non-hydrogen) atoms. The van der Waals surface area contributed by atoms with Crippen molar-refractivity contribution in [3.8, 4) is 0 Å². The third kappa shape index (κ3) is 7.02. The maximum Gasteiger partial charge on any atom is 0.327 e. The average Bonchev–Trinajstić information content (AvgIpc) is 3.17. The van der Waals surface area contributed by atoms with Gasteiger partial charge in [-0.3, -0.25) is 4.79 Å². The monoisotopic (exact) mass is 519 g/mol. The first-order chi connectivity index (χ1) is 14.9. The number of aliphatic carboxylic acids is 1. The van der Waals surface area contributed by atoms with Crippen LogP contribution in [0.15, 0.2) is 81.7 Å². The molecule has 0 spiro atoms. The van der Waals surface area contributed by atoms with Gasteiger partial charge in [0.2, 0.25) is 5.91 Å². The maximum atomic E-state index is 12.1. The first kappa shape index (κ1) is 23.2. The Hall–Kier alpha value is -2.48. The van der Waals surface area contributed by atoms with Crippen molar-refractivity contribution >= 4 is 67.2 Å². The highest BCUT2D eigenvalue weighted by atomic mass is 79.9. The number of rotatable bonds is 9. The first-order valence-electron chi connectivity index (χ1n) is 9.30. The van der Waals surface area contributed by atoms with Crippen LogP contribution in [-0.2, 0) is 15.3 Å². The molecule has 0 aliphatic heterocycles. The van der Waals surface area contributed by atoms with E-state index in [1.807, 2.05) is 48.5 Å². The number of carboxylic acids is 1. The van der Waals surface area contributed by atoms with Crippen molar-refractivity contribution in [2.24, 2.45) is 0 Å². The van der Waals surface area contributed by atoms with Gasteiger partial charge in [-0.05, 0) is 35.9 Å². The third-order valence-corrected chi connectivity index (χ3v) is 6.13. The summed E-state index contributed by atoms with van der Waals surface area (Å²) in [6, 6.07) is 16.2. The van der Waals surface area contributed by atoms with Crippen molar-refractivity contribution in [3.63, 3.8) is 0 Å². The molecule has 0 bridgehead atoms. The van der Waals surface area contributed by atoms with Crippen LogP contribution >= 0.6 is 39.3 Å². The Morgan fingerprint density at radius 3 is 2.71 bits per heavy atom. The fourth-order valence-electron chi connectivity index (χ4n) is 2.70. The summed E-state index contributed by atoms with van der Waals surface area (Å²) < 4.78 is 6.61. The minimum atomic E-state index is -1.08. The van der Waals surface area contributed by atoms with Crippen LogP contribution in [0.3, 0.4) is 0 Å². The number of carbonyl (C=O) groups excluding carboxylic acids is 1. The fraction of sp³-hybridized carbons (Fsp3) is 0.130. The lowest BCUT2D eigenvalue weighted by atomic mass is 10.2. The molecular weight excluding hydrogens is 502 g/mol. The van der Waals surface area contributed by atoms with Gasteiger partial charge < -0.3 is 14.8 Å². The quantitative estimate of drug-likeness (QED) is 0.274. The number of halogens is 2. The number of allylic oxidation sites excluding steroid dienone is 2. The molecular formula is C23H19BrClNO4S. The second kappa shape index (κ2) is 11.2. The van der Waals surface area contributed by atoms with Crippen LogP contribution in [0.4, 0.5) is 0 Å². The molecule has 1 unspecified atom stereocenters. The van der Waals surface area contributed by atoms with Crippen LogP contribution in [0.5, 0.6) is 0 Å². The van der Waals surface area contributed by atoms with Gasteiger partial charge in [0.1, 0.15) is 17.4 Å². The second-order valence-corrected chi connectivity index (χ2v) is 8.92. The molecule has 2 aromatic carbocycles. The van der Waals surface area contributed by atoms with E-state index in [1.165, 1.54) is 30.0 Å². The van der Waals surface area contributed by atoms with Crippen LogP contribution < -0.4 is 5.32 Å². The number of carboxylic acid groups (broad SMARTS) is 1. The highest BCUT2D eigenvalue weighted by Gasteiger charge is 2.18. The molecule has 3 aromatic rings. The molecule has 0 fully saturated rings. The third-order valence-electron chi connectivity index (χ3n) is 4.21. The van der Waals surface area contributed by atoms with Gasteiger partial charge in [0.15, 0.2) is 0 Å². The van der Waals surface area contributed by atoms with E-state index in [2.05, 4.69) is 21.2 Å².